The number of hydrogen-bond donors (Lipinski definition) is 3. The van der Waals surface area contributed by atoms with Gasteiger partial charge in [0.1, 0.15) is 0 Å². The molecule has 0 heterocycles. The third-order valence-corrected chi connectivity index (χ3v) is 8.05. The summed E-state index contributed by atoms with van der Waals surface area (Å²) in [5, 5.41) is 0. The molecule has 0 bridgehead atoms. The third kappa shape index (κ3) is 25.0. The van der Waals surface area contributed by atoms with E-state index in [1.165, 1.54) is 89.9 Å². The van der Waals surface area contributed by atoms with Gasteiger partial charge in [0.2, 0.25) is 17.7 Å². The van der Waals surface area contributed by atoms with Gasteiger partial charge in [0, 0.05) is 12.8 Å². The molecule has 0 aromatic carbocycles. The Balaban J connectivity index is 4.57. The molecule has 1 atom stereocenters. The van der Waals surface area contributed by atoms with Crippen LogP contribution in [-0.2, 0) is 23.5 Å². The van der Waals surface area contributed by atoms with Crippen molar-refractivity contribution in [1.82, 2.24) is 4.90 Å². The minimum absolute atomic E-state index is 0.127. The van der Waals surface area contributed by atoms with Gasteiger partial charge in [0.05, 0.1) is 6.54 Å². The van der Waals surface area contributed by atoms with E-state index in [2.05, 4.69) is 18.4 Å². The summed E-state index contributed by atoms with van der Waals surface area (Å²) in [5.74, 6) is -2.06. The number of amides is 3. The highest BCUT2D eigenvalue weighted by atomic mass is 31.2. The van der Waals surface area contributed by atoms with E-state index in [9.17, 15) is 18.9 Å². The van der Waals surface area contributed by atoms with Crippen LogP contribution in [0.25, 0.3) is 0 Å². The van der Waals surface area contributed by atoms with Crippen molar-refractivity contribution < 1.29 is 33.3 Å². The number of nitrogens with two attached hydrogens (primary N) is 1. The molecule has 0 aliphatic heterocycles. The standard InChI is InChI=1S/C31H61N2O7P/c1-3-5-7-9-11-13-15-17-19-21-23-25-29(34)33(27-28(31(32)36)40-41(37,38)39)30(35)26-24-22-20-18-16-14-12-10-8-6-4-2/h28H,3-27H2,1-2H3,(H2,32,36)(H2,37,38,39). The lowest BCUT2D eigenvalue weighted by Crippen LogP contribution is -2.46. The number of unbranched alkanes of at least 4 members (excludes halogenated alkanes) is 20. The number of hydrogen-bond acceptors (Lipinski definition) is 5. The van der Waals surface area contributed by atoms with Gasteiger partial charge < -0.3 is 15.5 Å². The molecule has 0 radical (unpaired) electrons. The molecule has 0 saturated heterocycles. The van der Waals surface area contributed by atoms with Crippen LogP contribution >= 0.6 is 7.82 Å². The van der Waals surface area contributed by atoms with Gasteiger partial charge in [-0.25, -0.2) is 4.57 Å². The van der Waals surface area contributed by atoms with Crippen molar-refractivity contribution in [2.24, 2.45) is 5.73 Å². The highest BCUT2D eigenvalue weighted by Gasteiger charge is 2.32. The smallest absolute Gasteiger partial charge is 0.367 e. The molecular weight excluding hydrogens is 543 g/mol. The molecule has 10 heteroatoms. The van der Waals surface area contributed by atoms with Crippen LogP contribution in [-0.4, -0.2) is 45.1 Å². The predicted octanol–water partition coefficient (Wildman–Crippen LogP) is 7.71. The number of primary amides is 1. The Morgan fingerprint density at radius 3 is 1.17 bits per heavy atom. The summed E-state index contributed by atoms with van der Waals surface area (Å²) in [6.07, 6.45) is 23.4. The first-order chi connectivity index (χ1) is 19.6. The van der Waals surface area contributed by atoms with Crippen molar-refractivity contribution in [2.45, 2.75) is 174 Å². The van der Waals surface area contributed by atoms with Gasteiger partial charge in [-0.3, -0.25) is 23.8 Å². The summed E-state index contributed by atoms with van der Waals surface area (Å²) in [4.78, 5) is 56.9. The Hall–Kier alpha value is -1.28. The monoisotopic (exact) mass is 604 g/mol. The molecule has 0 aliphatic carbocycles. The number of phosphoric acid groups is 1. The maximum atomic E-state index is 13.0. The van der Waals surface area contributed by atoms with Crippen LogP contribution in [0.15, 0.2) is 0 Å². The van der Waals surface area contributed by atoms with E-state index in [4.69, 9.17) is 15.5 Å². The van der Waals surface area contributed by atoms with E-state index in [-0.39, 0.29) is 12.8 Å². The molecule has 0 saturated carbocycles. The Bertz CT molecular complexity index is 691. The fourth-order valence-electron chi connectivity index (χ4n) is 5.00. The van der Waals surface area contributed by atoms with E-state index in [1.54, 1.807) is 0 Å². The second-order valence-electron chi connectivity index (χ2n) is 11.5. The first-order valence-electron chi connectivity index (χ1n) is 16.5. The Labute approximate surface area is 250 Å². The van der Waals surface area contributed by atoms with Gasteiger partial charge in [-0.2, -0.15) is 0 Å². The van der Waals surface area contributed by atoms with Crippen LogP contribution in [0.1, 0.15) is 168 Å². The van der Waals surface area contributed by atoms with E-state index in [0.29, 0.717) is 12.8 Å². The Morgan fingerprint density at radius 1 is 0.610 bits per heavy atom. The summed E-state index contributed by atoms with van der Waals surface area (Å²) in [7, 11) is -5.04. The Morgan fingerprint density at radius 2 is 0.902 bits per heavy atom. The minimum Gasteiger partial charge on any atom is -0.367 e. The van der Waals surface area contributed by atoms with Gasteiger partial charge in [0.15, 0.2) is 6.10 Å². The minimum atomic E-state index is -5.04. The maximum Gasteiger partial charge on any atom is 0.470 e. The lowest BCUT2D eigenvalue weighted by Gasteiger charge is -2.25. The first kappa shape index (κ1) is 39.7. The molecule has 0 aromatic heterocycles. The van der Waals surface area contributed by atoms with Crippen LogP contribution in [0.5, 0.6) is 0 Å². The normalized spacial score (nSPS) is 12.4. The molecule has 41 heavy (non-hydrogen) atoms. The van der Waals surface area contributed by atoms with E-state index in [0.717, 1.165) is 43.4 Å². The SMILES string of the molecule is CCCCCCCCCCCCCC(=O)N(CC(OP(=O)(O)O)C(N)=O)C(=O)CCCCCCCCCCCCC. The second kappa shape index (κ2) is 26.4. The number of phosphoric ester groups is 1. The van der Waals surface area contributed by atoms with E-state index >= 15 is 0 Å². The zero-order valence-corrected chi connectivity index (χ0v) is 27.1. The number of carbonyl (C=O) groups is 3. The zero-order valence-electron chi connectivity index (χ0n) is 26.2. The molecule has 0 rings (SSSR count). The largest absolute Gasteiger partial charge is 0.470 e. The van der Waals surface area contributed by atoms with Crippen LogP contribution in [0, 0.1) is 0 Å². The van der Waals surface area contributed by atoms with Gasteiger partial charge in [-0.05, 0) is 12.8 Å². The Kier molecular flexibility index (Phi) is 25.5. The molecule has 0 aliphatic rings. The maximum absolute atomic E-state index is 13.0. The average molecular weight is 605 g/mol. The van der Waals surface area contributed by atoms with Gasteiger partial charge in [-0.1, -0.05) is 142 Å². The van der Waals surface area contributed by atoms with Crippen molar-refractivity contribution in [3.63, 3.8) is 0 Å². The first-order valence-corrected chi connectivity index (χ1v) is 18.0. The fraction of sp³-hybridized carbons (Fsp3) is 0.903. The number of nitrogens with zero attached hydrogens (tertiary/aromatic N) is 1. The van der Waals surface area contributed by atoms with Crippen molar-refractivity contribution in [1.29, 1.82) is 0 Å². The number of imide groups is 1. The van der Waals surface area contributed by atoms with Crippen molar-refractivity contribution in [3.8, 4) is 0 Å². The molecule has 0 spiro atoms. The molecule has 4 N–H and O–H groups in total. The second-order valence-corrected chi connectivity index (χ2v) is 12.6. The van der Waals surface area contributed by atoms with Crippen LogP contribution in [0.2, 0.25) is 0 Å². The third-order valence-electron chi connectivity index (χ3n) is 7.52. The number of rotatable bonds is 29. The van der Waals surface area contributed by atoms with E-state index < -0.39 is 38.2 Å². The van der Waals surface area contributed by atoms with Crippen molar-refractivity contribution in [2.75, 3.05) is 6.54 Å². The van der Waals surface area contributed by atoms with Crippen LogP contribution in [0.4, 0.5) is 0 Å². The fourth-order valence-corrected chi connectivity index (χ4v) is 5.50. The van der Waals surface area contributed by atoms with Gasteiger partial charge in [-0.15, -0.1) is 0 Å². The molecule has 3 amide bonds. The summed E-state index contributed by atoms with van der Waals surface area (Å²) in [6.45, 7) is 3.84. The van der Waals surface area contributed by atoms with Crippen molar-refractivity contribution in [3.05, 3.63) is 0 Å². The number of carbonyl (C=O) groups excluding carboxylic acids is 3. The summed E-state index contributed by atoms with van der Waals surface area (Å²) >= 11 is 0. The highest BCUT2D eigenvalue weighted by molar-refractivity contribution is 7.46. The molecule has 9 nitrogen and oxygen atoms in total. The topological polar surface area (TPSA) is 147 Å². The molecule has 0 fully saturated rings. The lowest BCUT2D eigenvalue weighted by molar-refractivity contribution is -0.147. The van der Waals surface area contributed by atoms with E-state index in [1.807, 2.05) is 0 Å². The molecule has 0 aromatic rings. The summed E-state index contributed by atoms with van der Waals surface area (Å²) < 4.78 is 15.8. The molecule has 242 valence electrons. The lowest BCUT2D eigenvalue weighted by atomic mass is 10.0. The summed E-state index contributed by atoms with van der Waals surface area (Å²) in [6, 6.07) is 0. The highest BCUT2D eigenvalue weighted by Crippen LogP contribution is 2.37. The van der Waals surface area contributed by atoms with Gasteiger partial charge in [0.25, 0.3) is 0 Å². The summed E-state index contributed by atoms with van der Waals surface area (Å²) in [5.41, 5.74) is 5.26. The molecular formula is C31H61N2O7P. The average Bonchev–Trinajstić information content (AvgIpc) is 2.91. The predicted molar refractivity (Wildman–Crippen MR) is 165 cm³/mol. The van der Waals surface area contributed by atoms with Gasteiger partial charge >= 0.3 is 7.82 Å². The zero-order chi connectivity index (χ0) is 30.8. The van der Waals surface area contributed by atoms with Crippen LogP contribution < -0.4 is 5.73 Å². The quantitative estimate of drug-likeness (QED) is 0.0585. The molecule has 1 unspecified atom stereocenters. The van der Waals surface area contributed by atoms with Crippen LogP contribution in [0.3, 0.4) is 0 Å². The van der Waals surface area contributed by atoms with Crippen molar-refractivity contribution >= 4 is 25.5 Å².